The van der Waals surface area contributed by atoms with E-state index in [0.717, 1.165) is 11.1 Å². The molecule has 1 fully saturated rings. The number of alkyl carbamates (subject to hydrolysis) is 2. The number of carbonyl (C=O) groups excluding carboxylic acids is 8. The molecule has 5 aliphatic rings. The average Bonchev–Trinajstić information content (AvgIpc) is 1.67. The van der Waals surface area contributed by atoms with Gasteiger partial charge in [-0.05, 0) is 114 Å². The van der Waals surface area contributed by atoms with Crippen molar-refractivity contribution < 1.29 is 80.6 Å². The zero-order valence-corrected chi connectivity index (χ0v) is 52.5. The van der Waals surface area contributed by atoms with Gasteiger partial charge in [-0.25, -0.2) is 28.6 Å². The average molecular weight is 1240 g/mol. The van der Waals surface area contributed by atoms with Crippen LogP contribution in [0.25, 0.3) is 17.5 Å². The Morgan fingerprint density at radius 3 is 2.20 bits per heavy atom. The highest BCUT2D eigenvalue weighted by atomic mass is 19.1. The van der Waals surface area contributed by atoms with Gasteiger partial charge < -0.3 is 68.6 Å². The molecule has 3 aliphatic heterocycles. The second-order valence-electron chi connectivity index (χ2n) is 25.2. The van der Waals surface area contributed by atoms with E-state index < -0.39 is 119 Å². The molecule has 2 unspecified atom stereocenters. The molecule has 7 atom stereocenters. The zero-order chi connectivity index (χ0) is 64.5. The van der Waals surface area contributed by atoms with E-state index in [-0.39, 0.29) is 114 Å². The molecule has 5 heterocycles. The quantitative estimate of drug-likeness (QED) is 0.0309. The van der Waals surface area contributed by atoms with Crippen molar-refractivity contribution >= 4 is 53.9 Å². The molecule has 2 aromatic heterocycles. The Morgan fingerprint density at radius 2 is 1.53 bits per heavy atom. The molecule has 24 nitrogen and oxygen atoms in total. The van der Waals surface area contributed by atoms with Gasteiger partial charge in [0, 0.05) is 36.6 Å². The van der Waals surface area contributed by atoms with Gasteiger partial charge in [0.25, 0.3) is 5.56 Å². The van der Waals surface area contributed by atoms with E-state index in [1.54, 1.807) is 68.4 Å². The lowest BCUT2D eigenvalue weighted by atomic mass is 9.69. The Labute approximate surface area is 516 Å². The number of hydrogen-bond donors (Lipinski definition) is 4. The number of halogens is 1. The van der Waals surface area contributed by atoms with E-state index >= 15 is 4.39 Å². The van der Waals surface area contributed by atoms with Crippen molar-refractivity contribution in [3.63, 3.8) is 0 Å². The maximum atomic E-state index is 15.8. The van der Waals surface area contributed by atoms with Gasteiger partial charge in [0.15, 0.2) is 0 Å². The largest absolute Gasteiger partial charge is 0.460 e. The van der Waals surface area contributed by atoms with Crippen LogP contribution in [0.1, 0.15) is 165 Å². The normalized spacial score (nSPS) is 20.5. The number of rotatable bonds is 25. The molecule has 1 aromatic carbocycles. The number of fused-ring (bicyclic) bond motifs is 5. The molecule has 0 spiro atoms. The number of aromatic nitrogens is 2. The van der Waals surface area contributed by atoms with Crippen LogP contribution in [-0.4, -0.2) is 144 Å². The number of benzene rings is 1. The standard InChI is InChI=1S/C64H84FN7O17/c1-11-64(42-30-48-54-40(33-72(48)56(76)41(42)35-85-59(64)79)52-44(69-61(81)86-34-38-16-13-12-14-17-38)20-19-39-37(4)43(65)31-45(68-54)51(39)52)88-58(78)53(36(2)3)70-55(75)47-18-15-23-71(47)57(77)46(32-50(74)87-62(5,6)7)67-49(73)21-24-82-26-28-84-29-27-83-25-22-66-60(80)89-63(8,9)10/h12-14,16-17,30-31,36-37,39,44,46-47,53H,11,15,18-29,32-35H2,1-10H3,(H,66,80)(H,67,73)(H,69,81)(H,70,75)/t37?,39?,44-,46-,47-,53-,64-/m0/s1. The van der Waals surface area contributed by atoms with Crippen LogP contribution in [-0.2, 0) is 92.0 Å². The van der Waals surface area contributed by atoms with Crippen molar-refractivity contribution in [2.24, 2.45) is 11.8 Å². The molecule has 3 aromatic rings. The maximum absolute atomic E-state index is 15.8. The van der Waals surface area contributed by atoms with Gasteiger partial charge in [-0.15, -0.1) is 0 Å². The predicted molar refractivity (Wildman–Crippen MR) is 319 cm³/mol. The minimum Gasteiger partial charge on any atom is -0.460 e. The predicted octanol–water partition coefficient (Wildman–Crippen LogP) is 6.60. The zero-order valence-electron chi connectivity index (χ0n) is 52.5. The van der Waals surface area contributed by atoms with Crippen LogP contribution in [0, 0.1) is 11.8 Å². The number of nitrogens with zero attached hydrogens (tertiary/aromatic N) is 3. The highest BCUT2D eigenvalue weighted by Crippen LogP contribution is 2.52. The van der Waals surface area contributed by atoms with E-state index in [2.05, 4.69) is 21.3 Å². The number of cyclic esters (lactones) is 1. The highest BCUT2D eigenvalue weighted by molar-refractivity contribution is 5.96. The van der Waals surface area contributed by atoms with Crippen LogP contribution in [0.3, 0.4) is 0 Å². The molecule has 0 radical (unpaired) electrons. The van der Waals surface area contributed by atoms with Gasteiger partial charge >= 0.3 is 30.1 Å². The number of ether oxygens (including phenoxy) is 8. The molecule has 0 bridgehead atoms. The summed E-state index contributed by atoms with van der Waals surface area (Å²) in [6.07, 6.45) is 0.710. The lowest BCUT2D eigenvalue weighted by Gasteiger charge is -2.38. The first-order chi connectivity index (χ1) is 42.2. The molecular formula is C64H84FN7O17. The van der Waals surface area contributed by atoms with Gasteiger partial charge in [-0.2, -0.15) is 0 Å². The summed E-state index contributed by atoms with van der Waals surface area (Å²) in [5, 5.41) is 11.0. The van der Waals surface area contributed by atoms with Gasteiger partial charge in [-0.1, -0.05) is 58.0 Å². The third kappa shape index (κ3) is 16.2. The SMILES string of the molecule is CC[C@@]1(OC(=O)[C@@H](NC(=O)[C@@H]2CCCN2C(=O)[C@H](CC(=O)OC(C)(C)C)NC(=O)CCOCCOCCOCCNC(=O)OC(C)(C)C)C(C)C)C(=O)OCc2c1cc1n(c2=O)Cc2c-1nc1c3c2[C@@H](NC(=O)OCc2ccccc2)CCC3C(C)C(F)=C1. The van der Waals surface area contributed by atoms with E-state index in [9.17, 15) is 43.2 Å². The summed E-state index contributed by atoms with van der Waals surface area (Å²) >= 11 is 0. The van der Waals surface area contributed by atoms with Crippen LogP contribution in [0.2, 0.25) is 0 Å². The number of likely N-dealkylation sites (tertiary alicyclic amines) is 1. The smallest absolute Gasteiger partial charge is 0.407 e. The number of amides is 5. The first-order valence-corrected chi connectivity index (χ1v) is 30.6. The van der Waals surface area contributed by atoms with E-state index in [1.807, 2.05) is 37.3 Å². The Bertz CT molecular complexity index is 3250. The van der Waals surface area contributed by atoms with E-state index in [0.29, 0.717) is 41.8 Å². The third-order valence-electron chi connectivity index (χ3n) is 16.2. The van der Waals surface area contributed by atoms with Crippen LogP contribution in [0.15, 0.2) is 47.0 Å². The summed E-state index contributed by atoms with van der Waals surface area (Å²) in [7, 11) is 0. The Balaban J connectivity index is 0.939. The fourth-order valence-electron chi connectivity index (χ4n) is 11.9. The first kappa shape index (κ1) is 67.2. The van der Waals surface area contributed by atoms with Crippen molar-refractivity contribution in [2.45, 2.75) is 181 Å². The molecule has 0 saturated carbocycles. The molecular weight excluding hydrogens is 1160 g/mol. The van der Waals surface area contributed by atoms with Crippen molar-refractivity contribution in [2.75, 3.05) is 52.7 Å². The van der Waals surface area contributed by atoms with Crippen molar-refractivity contribution in [3.05, 3.63) is 91.7 Å². The van der Waals surface area contributed by atoms with Crippen LogP contribution >= 0.6 is 0 Å². The summed E-state index contributed by atoms with van der Waals surface area (Å²) in [4.78, 5) is 131. The Hall–Kier alpha value is -7.77. The molecule has 25 heteroatoms. The fraction of sp³-hybridized carbons (Fsp3) is 0.594. The third-order valence-corrected chi connectivity index (χ3v) is 16.2. The first-order valence-electron chi connectivity index (χ1n) is 30.6. The summed E-state index contributed by atoms with van der Waals surface area (Å²) in [5.41, 5.74) is -0.347. The van der Waals surface area contributed by atoms with Gasteiger partial charge in [0.1, 0.15) is 48.4 Å². The molecule has 2 aliphatic carbocycles. The molecule has 4 N–H and O–H groups in total. The molecule has 1 saturated heterocycles. The Kier molecular flexibility index (Phi) is 21.7. The summed E-state index contributed by atoms with van der Waals surface area (Å²) in [6.45, 7) is 17.9. The highest BCUT2D eigenvalue weighted by Gasteiger charge is 2.53. The van der Waals surface area contributed by atoms with Crippen molar-refractivity contribution in [3.8, 4) is 11.4 Å². The second-order valence-corrected chi connectivity index (χ2v) is 25.2. The lowest BCUT2D eigenvalue weighted by Crippen LogP contribution is -2.57. The summed E-state index contributed by atoms with van der Waals surface area (Å²) in [6, 6.07) is 6.16. The minimum atomic E-state index is -2.20. The number of hydrogen-bond acceptors (Lipinski definition) is 18. The van der Waals surface area contributed by atoms with Crippen molar-refractivity contribution in [1.82, 2.24) is 35.7 Å². The maximum Gasteiger partial charge on any atom is 0.407 e. The van der Waals surface area contributed by atoms with Gasteiger partial charge in [0.2, 0.25) is 23.3 Å². The van der Waals surface area contributed by atoms with Crippen molar-refractivity contribution in [1.29, 1.82) is 0 Å². The molecule has 5 amide bonds. The monoisotopic (exact) mass is 1240 g/mol. The van der Waals surface area contributed by atoms with E-state index in [1.165, 1.54) is 15.5 Å². The number of nitrogens with one attached hydrogen (secondary N) is 4. The van der Waals surface area contributed by atoms with Gasteiger partial charge in [0.05, 0.1) is 81.3 Å². The number of pyridine rings is 2. The van der Waals surface area contributed by atoms with E-state index in [4.69, 9.17) is 42.9 Å². The summed E-state index contributed by atoms with van der Waals surface area (Å²) < 4.78 is 62.1. The summed E-state index contributed by atoms with van der Waals surface area (Å²) in [5.74, 6) is -6.64. The van der Waals surface area contributed by atoms with Gasteiger partial charge in [-0.3, -0.25) is 24.0 Å². The topological polar surface area (TPSA) is 297 Å². The number of esters is 3. The van der Waals surface area contributed by atoms with Crippen LogP contribution in [0.4, 0.5) is 14.0 Å². The molecule has 8 rings (SSSR count). The Morgan fingerprint density at radius 1 is 0.843 bits per heavy atom. The molecule has 484 valence electrons. The number of carbonyl (C=O) groups is 8. The minimum absolute atomic E-state index is 0.0197. The van der Waals surface area contributed by atoms with Crippen LogP contribution < -0.4 is 26.8 Å². The van der Waals surface area contributed by atoms with Crippen LogP contribution in [0.5, 0.6) is 0 Å². The molecule has 89 heavy (non-hydrogen) atoms. The fourth-order valence-corrected chi connectivity index (χ4v) is 11.9. The number of allylic oxidation sites excluding steroid dienone is 1. The second kappa shape index (κ2) is 28.8. The lowest BCUT2D eigenvalue weighted by molar-refractivity contribution is -0.191.